The minimum Gasteiger partial charge on any atom is -0.491 e. The summed E-state index contributed by atoms with van der Waals surface area (Å²) in [5.74, 6) is 1.45. The zero-order chi connectivity index (χ0) is 21.2. The van der Waals surface area contributed by atoms with Crippen LogP contribution in [0.15, 0.2) is 73.1 Å². The van der Waals surface area contributed by atoms with E-state index in [1.807, 2.05) is 62.4 Å². The van der Waals surface area contributed by atoms with E-state index in [0.717, 1.165) is 28.2 Å². The number of benzene rings is 2. The van der Waals surface area contributed by atoms with Gasteiger partial charge in [0.25, 0.3) is 0 Å². The molecule has 5 nitrogen and oxygen atoms in total. The highest BCUT2D eigenvalue weighted by Gasteiger charge is 2.01. The van der Waals surface area contributed by atoms with Gasteiger partial charge in [0.15, 0.2) is 0 Å². The average molecular weight is 402 g/mol. The van der Waals surface area contributed by atoms with Gasteiger partial charge >= 0.3 is 0 Å². The number of carbonyl (C=O) groups excluding carboxylic acids is 1. The van der Waals surface area contributed by atoms with Crippen molar-refractivity contribution in [3.05, 3.63) is 95.3 Å². The number of carbonyl (C=O) groups is 1. The lowest BCUT2D eigenvalue weighted by molar-refractivity contribution is -0.116. The second-order valence-corrected chi connectivity index (χ2v) is 6.96. The molecule has 0 aliphatic heterocycles. The molecule has 0 radical (unpaired) electrons. The molecule has 0 spiro atoms. The van der Waals surface area contributed by atoms with E-state index in [2.05, 4.69) is 16.4 Å². The third-order valence-electron chi connectivity index (χ3n) is 4.42. The normalized spacial score (nSPS) is 10.7. The Morgan fingerprint density at radius 2 is 1.90 bits per heavy atom. The number of nitrogens with zero attached hydrogens (tertiary/aromatic N) is 1. The minimum absolute atomic E-state index is 0.156. The molecule has 0 aliphatic carbocycles. The molecule has 0 fully saturated rings. The number of hydrogen-bond donors (Lipinski definition) is 1. The lowest BCUT2D eigenvalue weighted by Gasteiger charge is -2.09. The lowest BCUT2D eigenvalue weighted by Crippen LogP contribution is -2.26. The van der Waals surface area contributed by atoms with Crippen molar-refractivity contribution in [2.75, 3.05) is 13.2 Å². The van der Waals surface area contributed by atoms with Gasteiger partial charge in [-0.1, -0.05) is 35.9 Å². The number of pyridine rings is 1. The molecule has 0 saturated carbocycles. The second-order valence-electron chi connectivity index (χ2n) is 6.96. The van der Waals surface area contributed by atoms with Crippen molar-refractivity contribution in [3.8, 4) is 11.5 Å². The Labute approximate surface area is 177 Å². The highest BCUT2D eigenvalue weighted by atomic mass is 16.5. The van der Waals surface area contributed by atoms with Gasteiger partial charge in [-0.2, -0.15) is 0 Å². The van der Waals surface area contributed by atoms with Crippen LogP contribution in [0.4, 0.5) is 0 Å². The summed E-state index contributed by atoms with van der Waals surface area (Å²) in [6.07, 6.45) is 6.80. The predicted octanol–water partition coefficient (Wildman–Crippen LogP) is 4.49. The van der Waals surface area contributed by atoms with Crippen molar-refractivity contribution in [1.82, 2.24) is 10.3 Å². The summed E-state index contributed by atoms with van der Waals surface area (Å²) in [7, 11) is 0. The van der Waals surface area contributed by atoms with Crippen LogP contribution in [0.1, 0.15) is 22.3 Å². The van der Waals surface area contributed by atoms with Gasteiger partial charge in [0.1, 0.15) is 24.7 Å². The van der Waals surface area contributed by atoms with E-state index in [4.69, 9.17) is 9.47 Å². The maximum absolute atomic E-state index is 12.0. The molecule has 0 saturated heterocycles. The van der Waals surface area contributed by atoms with Gasteiger partial charge in [-0.05, 0) is 55.3 Å². The third-order valence-corrected chi connectivity index (χ3v) is 4.42. The van der Waals surface area contributed by atoms with Crippen molar-refractivity contribution in [2.24, 2.45) is 0 Å². The first-order valence-corrected chi connectivity index (χ1v) is 9.88. The summed E-state index contributed by atoms with van der Waals surface area (Å²) >= 11 is 0. The van der Waals surface area contributed by atoms with Crippen LogP contribution in [0.5, 0.6) is 11.5 Å². The van der Waals surface area contributed by atoms with Gasteiger partial charge in [0, 0.05) is 24.0 Å². The minimum atomic E-state index is -0.156. The van der Waals surface area contributed by atoms with Gasteiger partial charge in [0.2, 0.25) is 5.91 Å². The van der Waals surface area contributed by atoms with Crippen LogP contribution in [0, 0.1) is 13.8 Å². The zero-order valence-corrected chi connectivity index (χ0v) is 17.3. The van der Waals surface area contributed by atoms with E-state index in [1.165, 1.54) is 11.6 Å². The Balaban J connectivity index is 1.38. The molecule has 1 heterocycles. The van der Waals surface area contributed by atoms with Gasteiger partial charge in [-0.15, -0.1) is 0 Å². The van der Waals surface area contributed by atoms with E-state index in [-0.39, 0.29) is 5.91 Å². The maximum Gasteiger partial charge on any atom is 0.244 e. The standard InChI is InChI=1S/C25H26N2O3/c1-19-5-11-24(20(2)16-19)29-15-14-27-25(28)12-8-21-6-9-23(10-7-21)30-18-22-4-3-13-26-17-22/h3-13,16-17H,14-15,18H2,1-2H3,(H,27,28)/b12-8+. The van der Waals surface area contributed by atoms with Crippen LogP contribution in [0.3, 0.4) is 0 Å². The van der Waals surface area contributed by atoms with E-state index in [0.29, 0.717) is 19.8 Å². The molecule has 3 rings (SSSR count). The topological polar surface area (TPSA) is 60.5 Å². The first-order chi connectivity index (χ1) is 14.6. The number of aryl methyl sites for hydroxylation is 2. The Morgan fingerprint density at radius 1 is 1.07 bits per heavy atom. The monoisotopic (exact) mass is 402 g/mol. The van der Waals surface area contributed by atoms with Gasteiger partial charge < -0.3 is 14.8 Å². The van der Waals surface area contributed by atoms with Crippen LogP contribution in [0.25, 0.3) is 6.08 Å². The molecule has 0 bridgehead atoms. The van der Waals surface area contributed by atoms with E-state index in [1.54, 1.807) is 18.5 Å². The molecule has 1 N–H and O–H groups in total. The van der Waals surface area contributed by atoms with Gasteiger partial charge in [-0.25, -0.2) is 0 Å². The molecule has 30 heavy (non-hydrogen) atoms. The molecule has 5 heteroatoms. The lowest BCUT2D eigenvalue weighted by atomic mass is 10.1. The Kier molecular flexibility index (Phi) is 7.61. The molecule has 154 valence electrons. The van der Waals surface area contributed by atoms with Crippen LogP contribution in [-0.4, -0.2) is 24.0 Å². The van der Waals surface area contributed by atoms with Crippen molar-refractivity contribution >= 4 is 12.0 Å². The average Bonchev–Trinajstić information content (AvgIpc) is 2.76. The SMILES string of the molecule is Cc1ccc(OCCNC(=O)/C=C/c2ccc(OCc3cccnc3)cc2)c(C)c1. The number of nitrogens with one attached hydrogen (secondary N) is 1. The van der Waals surface area contributed by atoms with Crippen molar-refractivity contribution in [3.63, 3.8) is 0 Å². The first-order valence-electron chi connectivity index (χ1n) is 9.88. The highest BCUT2D eigenvalue weighted by molar-refractivity contribution is 5.91. The van der Waals surface area contributed by atoms with Crippen molar-refractivity contribution in [2.45, 2.75) is 20.5 Å². The largest absolute Gasteiger partial charge is 0.491 e. The Bertz CT molecular complexity index is 983. The zero-order valence-electron chi connectivity index (χ0n) is 17.3. The predicted molar refractivity (Wildman–Crippen MR) is 118 cm³/mol. The molecule has 0 aliphatic rings. The Hall–Kier alpha value is -3.60. The quantitative estimate of drug-likeness (QED) is 0.423. The van der Waals surface area contributed by atoms with Crippen LogP contribution in [-0.2, 0) is 11.4 Å². The van der Waals surface area contributed by atoms with E-state index >= 15 is 0 Å². The number of hydrogen-bond acceptors (Lipinski definition) is 4. The fourth-order valence-electron chi connectivity index (χ4n) is 2.85. The van der Waals surface area contributed by atoms with Crippen molar-refractivity contribution in [1.29, 1.82) is 0 Å². The number of rotatable bonds is 9. The second kappa shape index (κ2) is 10.8. The third kappa shape index (κ3) is 6.78. The summed E-state index contributed by atoms with van der Waals surface area (Å²) in [5.41, 5.74) is 4.23. The van der Waals surface area contributed by atoms with Crippen LogP contribution in [0.2, 0.25) is 0 Å². The first kappa shape index (κ1) is 21.1. The summed E-state index contributed by atoms with van der Waals surface area (Å²) < 4.78 is 11.4. The molecule has 1 aromatic heterocycles. The molecule has 0 atom stereocenters. The molecule has 2 aromatic carbocycles. The Morgan fingerprint density at radius 3 is 2.63 bits per heavy atom. The number of ether oxygens (including phenoxy) is 2. The smallest absolute Gasteiger partial charge is 0.244 e. The molecule has 3 aromatic rings. The van der Waals surface area contributed by atoms with Gasteiger partial charge in [0.05, 0.1) is 6.54 Å². The molecular formula is C25H26N2O3. The number of aromatic nitrogens is 1. The molecular weight excluding hydrogens is 376 g/mol. The fourth-order valence-corrected chi connectivity index (χ4v) is 2.85. The molecule has 1 amide bonds. The van der Waals surface area contributed by atoms with E-state index < -0.39 is 0 Å². The fraction of sp³-hybridized carbons (Fsp3) is 0.200. The number of amides is 1. The summed E-state index contributed by atoms with van der Waals surface area (Å²) in [6.45, 7) is 5.39. The highest BCUT2D eigenvalue weighted by Crippen LogP contribution is 2.18. The summed E-state index contributed by atoms with van der Waals surface area (Å²) in [5, 5.41) is 2.82. The molecule has 0 unspecified atom stereocenters. The van der Waals surface area contributed by atoms with Gasteiger partial charge in [-0.3, -0.25) is 9.78 Å². The van der Waals surface area contributed by atoms with Crippen LogP contribution < -0.4 is 14.8 Å². The summed E-state index contributed by atoms with van der Waals surface area (Å²) in [4.78, 5) is 16.0. The van der Waals surface area contributed by atoms with E-state index in [9.17, 15) is 4.79 Å². The van der Waals surface area contributed by atoms with Crippen LogP contribution >= 0.6 is 0 Å². The summed E-state index contributed by atoms with van der Waals surface area (Å²) in [6, 6.07) is 17.5. The maximum atomic E-state index is 12.0. The van der Waals surface area contributed by atoms with Crippen molar-refractivity contribution < 1.29 is 14.3 Å².